The monoisotopic (exact) mass is 238 g/mol. The Bertz CT molecular complexity index is 426. The van der Waals surface area contributed by atoms with Crippen LogP contribution in [0.3, 0.4) is 0 Å². The quantitative estimate of drug-likeness (QED) is 0.689. The number of hydrogen-bond donors (Lipinski definition) is 0. The molecule has 1 heterocycles. The van der Waals surface area contributed by atoms with Gasteiger partial charge in [0.25, 0.3) is 0 Å². The highest BCUT2D eigenvalue weighted by atomic mass is 35.5. The van der Waals surface area contributed by atoms with Gasteiger partial charge in [0.1, 0.15) is 0 Å². The summed E-state index contributed by atoms with van der Waals surface area (Å²) in [6.45, 7) is 1.73. The van der Waals surface area contributed by atoms with Crippen molar-refractivity contribution in [1.82, 2.24) is 4.90 Å². The third-order valence-electron chi connectivity index (χ3n) is 2.60. The van der Waals surface area contributed by atoms with E-state index in [-0.39, 0.29) is 17.8 Å². The van der Waals surface area contributed by atoms with Crippen LogP contribution in [-0.4, -0.2) is 34.5 Å². The Hall–Kier alpha value is -1.42. The number of alkyl halides is 1. The van der Waals surface area contributed by atoms with E-state index in [1.165, 1.54) is 0 Å². The molecule has 0 aromatic rings. The van der Waals surface area contributed by atoms with E-state index in [0.717, 1.165) is 4.90 Å². The lowest BCUT2D eigenvalue weighted by Gasteiger charge is -2.31. The predicted octanol–water partition coefficient (Wildman–Crippen LogP) is 1.76. The molecular formula is C11H11ClN2O2. The Kier molecular flexibility index (Phi) is 2.92. The maximum absolute atomic E-state index is 12.1. The van der Waals surface area contributed by atoms with Crippen LogP contribution in [0, 0.1) is 5.92 Å². The number of amides is 3. The fourth-order valence-corrected chi connectivity index (χ4v) is 1.87. The van der Waals surface area contributed by atoms with Gasteiger partial charge in [-0.15, -0.1) is 11.6 Å². The fourth-order valence-electron chi connectivity index (χ4n) is 1.73. The largest absolute Gasteiger partial charge is 0.350 e. The summed E-state index contributed by atoms with van der Waals surface area (Å²) in [7, 11) is 0. The lowest BCUT2D eigenvalue weighted by molar-refractivity contribution is -0.130. The SMILES string of the molecule is CC(CCl)N1C(=O)N=C2C=CC=CC2C1=O. The Morgan fingerprint density at radius 2 is 2.25 bits per heavy atom. The van der Waals surface area contributed by atoms with Gasteiger partial charge in [0.05, 0.1) is 17.7 Å². The Morgan fingerprint density at radius 3 is 2.94 bits per heavy atom. The van der Waals surface area contributed by atoms with Crippen LogP contribution >= 0.6 is 11.6 Å². The van der Waals surface area contributed by atoms with Gasteiger partial charge in [0.15, 0.2) is 0 Å². The number of allylic oxidation sites excluding steroid dienone is 3. The average molecular weight is 239 g/mol. The van der Waals surface area contributed by atoms with E-state index in [1.54, 1.807) is 31.2 Å². The van der Waals surface area contributed by atoms with Crippen molar-refractivity contribution in [3.05, 3.63) is 24.3 Å². The van der Waals surface area contributed by atoms with E-state index in [0.29, 0.717) is 5.71 Å². The molecule has 0 N–H and O–H groups in total. The summed E-state index contributed by atoms with van der Waals surface area (Å²) >= 11 is 5.66. The summed E-state index contributed by atoms with van der Waals surface area (Å²) < 4.78 is 0. The van der Waals surface area contributed by atoms with Gasteiger partial charge in [0.2, 0.25) is 5.91 Å². The number of rotatable bonds is 2. The van der Waals surface area contributed by atoms with Gasteiger partial charge < -0.3 is 0 Å². The summed E-state index contributed by atoms with van der Waals surface area (Å²) in [4.78, 5) is 28.7. The molecule has 4 nitrogen and oxygen atoms in total. The van der Waals surface area contributed by atoms with Crippen molar-refractivity contribution in [3.63, 3.8) is 0 Å². The van der Waals surface area contributed by atoms with Crippen LogP contribution in [0.2, 0.25) is 0 Å². The molecule has 0 spiro atoms. The van der Waals surface area contributed by atoms with Crippen molar-refractivity contribution in [3.8, 4) is 0 Å². The number of carbonyl (C=O) groups excluding carboxylic acids is 2. The lowest BCUT2D eigenvalue weighted by atomic mass is 9.95. The van der Waals surface area contributed by atoms with E-state index in [2.05, 4.69) is 4.99 Å². The van der Waals surface area contributed by atoms with E-state index in [1.807, 2.05) is 0 Å². The highest BCUT2D eigenvalue weighted by Gasteiger charge is 2.37. The summed E-state index contributed by atoms with van der Waals surface area (Å²) in [5.74, 6) is -0.466. The molecule has 0 aromatic carbocycles. The van der Waals surface area contributed by atoms with Gasteiger partial charge >= 0.3 is 6.03 Å². The number of carbonyl (C=O) groups is 2. The van der Waals surface area contributed by atoms with Crippen molar-refractivity contribution in [2.24, 2.45) is 10.9 Å². The van der Waals surface area contributed by atoms with Crippen molar-refractivity contribution in [1.29, 1.82) is 0 Å². The minimum atomic E-state index is -0.524. The second-order valence-corrected chi connectivity index (χ2v) is 4.06. The molecule has 84 valence electrons. The zero-order chi connectivity index (χ0) is 11.7. The van der Waals surface area contributed by atoms with Crippen molar-refractivity contribution >= 4 is 29.3 Å². The smallest absolute Gasteiger partial charge is 0.273 e. The molecule has 16 heavy (non-hydrogen) atoms. The van der Waals surface area contributed by atoms with Crippen LogP contribution < -0.4 is 0 Å². The summed E-state index contributed by atoms with van der Waals surface area (Å²) in [6, 6.07) is -0.851. The van der Waals surface area contributed by atoms with E-state index in [4.69, 9.17) is 11.6 Å². The molecule has 2 atom stereocenters. The molecule has 2 aliphatic rings. The number of imide groups is 1. The summed E-state index contributed by atoms with van der Waals surface area (Å²) in [6.07, 6.45) is 6.96. The van der Waals surface area contributed by atoms with Gasteiger partial charge in [-0.1, -0.05) is 18.2 Å². The molecular weight excluding hydrogens is 228 g/mol. The van der Waals surface area contributed by atoms with Crippen molar-refractivity contribution < 1.29 is 9.59 Å². The summed E-state index contributed by atoms with van der Waals surface area (Å²) in [5, 5.41) is 0. The summed E-state index contributed by atoms with van der Waals surface area (Å²) in [5.41, 5.74) is 0.510. The van der Waals surface area contributed by atoms with Gasteiger partial charge in [-0.25, -0.2) is 4.79 Å². The number of nitrogens with zero attached hydrogens (tertiary/aromatic N) is 2. The molecule has 0 fully saturated rings. The lowest BCUT2D eigenvalue weighted by Crippen LogP contribution is -2.50. The normalized spacial score (nSPS) is 25.5. The van der Waals surface area contributed by atoms with Crippen molar-refractivity contribution in [2.45, 2.75) is 13.0 Å². The number of hydrogen-bond acceptors (Lipinski definition) is 2. The Labute approximate surface area is 98.3 Å². The number of halogens is 1. The number of fused-ring (bicyclic) bond motifs is 1. The molecule has 2 unspecified atom stereocenters. The van der Waals surface area contributed by atoms with Crippen LogP contribution in [-0.2, 0) is 4.79 Å². The number of aliphatic imine (C=N–C) groups is 1. The third kappa shape index (κ3) is 1.69. The van der Waals surface area contributed by atoms with Crippen LogP contribution in [0.5, 0.6) is 0 Å². The second-order valence-electron chi connectivity index (χ2n) is 3.75. The van der Waals surface area contributed by atoms with Crippen LogP contribution in [0.15, 0.2) is 29.3 Å². The molecule has 5 heteroatoms. The van der Waals surface area contributed by atoms with Gasteiger partial charge in [-0.2, -0.15) is 4.99 Å². The highest BCUT2D eigenvalue weighted by molar-refractivity contribution is 6.22. The van der Waals surface area contributed by atoms with Crippen LogP contribution in [0.25, 0.3) is 0 Å². The first-order valence-corrected chi connectivity index (χ1v) is 5.55. The molecule has 0 aromatic heterocycles. The Morgan fingerprint density at radius 1 is 1.50 bits per heavy atom. The highest BCUT2D eigenvalue weighted by Crippen LogP contribution is 2.21. The molecule has 0 bridgehead atoms. The zero-order valence-electron chi connectivity index (χ0n) is 8.76. The predicted molar refractivity (Wildman–Crippen MR) is 61.6 cm³/mol. The molecule has 2 rings (SSSR count). The Balaban J connectivity index is 2.37. The van der Waals surface area contributed by atoms with E-state index < -0.39 is 11.9 Å². The van der Waals surface area contributed by atoms with Gasteiger partial charge in [0, 0.05) is 5.88 Å². The minimum absolute atomic E-state index is 0.217. The zero-order valence-corrected chi connectivity index (χ0v) is 9.52. The molecule has 0 saturated heterocycles. The molecule has 0 saturated carbocycles. The van der Waals surface area contributed by atoms with Gasteiger partial charge in [-0.05, 0) is 13.0 Å². The fraction of sp³-hybridized carbons (Fsp3) is 0.364. The topological polar surface area (TPSA) is 49.7 Å². The molecule has 3 amide bonds. The van der Waals surface area contributed by atoms with E-state index in [9.17, 15) is 9.59 Å². The molecule has 1 aliphatic carbocycles. The second kappa shape index (κ2) is 4.22. The van der Waals surface area contributed by atoms with E-state index >= 15 is 0 Å². The molecule has 1 aliphatic heterocycles. The number of urea groups is 1. The van der Waals surface area contributed by atoms with Crippen molar-refractivity contribution in [2.75, 3.05) is 5.88 Å². The molecule has 0 radical (unpaired) electrons. The maximum Gasteiger partial charge on any atom is 0.350 e. The average Bonchev–Trinajstić information content (AvgIpc) is 2.28. The first-order valence-electron chi connectivity index (χ1n) is 5.01. The first-order chi connectivity index (χ1) is 7.65. The maximum atomic E-state index is 12.1. The van der Waals surface area contributed by atoms with Gasteiger partial charge in [-0.3, -0.25) is 9.69 Å². The standard InChI is InChI=1S/C11H11ClN2O2/c1-7(6-12)14-10(15)8-4-2-3-5-9(8)13-11(14)16/h2-5,7-8H,6H2,1H3. The van der Waals surface area contributed by atoms with Crippen LogP contribution in [0.4, 0.5) is 4.79 Å². The third-order valence-corrected chi connectivity index (χ3v) is 3.05. The minimum Gasteiger partial charge on any atom is -0.273 e. The van der Waals surface area contributed by atoms with Crippen LogP contribution in [0.1, 0.15) is 6.92 Å². The first kappa shape index (κ1) is 11.1.